The van der Waals surface area contributed by atoms with Crippen molar-refractivity contribution in [1.29, 1.82) is 0 Å². The maximum Gasteiger partial charge on any atom is 0.240 e. The van der Waals surface area contributed by atoms with Gasteiger partial charge in [0.1, 0.15) is 0 Å². The van der Waals surface area contributed by atoms with E-state index >= 15 is 0 Å². The number of nitrogens with one attached hydrogen (secondary N) is 1. The quantitative estimate of drug-likeness (QED) is 0.700. The molecule has 1 N–H and O–H groups in total. The van der Waals surface area contributed by atoms with Crippen LogP contribution >= 0.6 is 11.6 Å². The van der Waals surface area contributed by atoms with Crippen LogP contribution in [0.1, 0.15) is 11.6 Å². The maximum atomic E-state index is 12.6. The minimum absolute atomic E-state index is 0.0943. The Bertz CT molecular complexity index is 1010. The smallest absolute Gasteiger partial charge is 0.240 e. The number of likely N-dealkylation sites (N-methyl/N-ethyl adjacent to an activating group) is 1. The van der Waals surface area contributed by atoms with Gasteiger partial charge in [-0.25, -0.2) is 13.1 Å². The first-order chi connectivity index (χ1) is 12.3. The van der Waals surface area contributed by atoms with Crippen molar-refractivity contribution >= 4 is 32.5 Å². The standard InChI is InChI=1S/C19H22ClN3O2S/c1-22(2)19(17-13-23(3)18-7-5-4-6-16(17)18)12-21-26(24,25)15-10-8-14(20)9-11-15/h4-11,13,19,21H,12H2,1-3H3. The van der Waals surface area contributed by atoms with Gasteiger partial charge < -0.3 is 9.47 Å². The number of fused-ring (bicyclic) bond motifs is 1. The Kier molecular flexibility index (Phi) is 5.39. The van der Waals surface area contributed by atoms with Crippen molar-refractivity contribution in [3.63, 3.8) is 0 Å². The van der Waals surface area contributed by atoms with Gasteiger partial charge in [-0.05, 0) is 50.0 Å². The van der Waals surface area contributed by atoms with Gasteiger partial charge in [0.05, 0.1) is 4.90 Å². The van der Waals surface area contributed by atoms with Crippen molar-refractivity contribution in [2.45, 2.75) is 10.9 Å². The van der Waals surface area contributed by atoms with E-state index < -0.39 is 10.0 Å². The topological polar surface area (TPSA) is 54.3 Å². The monoisotopic (exact) mass is 391 g/mol. The van der Waals surface area contributed by atoms with Crippen molar-refractivity contribution in [3.05, 3.63) is 65.3 Å². The summed E-state index contributed by atoms with van der Waals surface area (Å²) in [6.07, 6.45) is 2.06. The fourth-order valence-corrected chi connectivity index (χ4v) is 4.26. The zero-order valence-corrected chi connectivity index (χ0v) is 16.6. The summed E-state index contributed by atoms with van der Waals surface area (Å²) in [5.74, 6) is 0. The van der Waals surface area contributed by atoms with Crippen LogP contribution < -0.4 is 4.72 Å². The second kappa shape index (κ2) is 7.40. The molecule has 1 unspecified atom stereocenters. The Morgan fingerprint density at radius 3 is 2.42 bits per heavy atom. The number of hydrogen-bond acceptors (Lipinski definition) is 3. The van der Waals surface area contributed by atoms with Crippen molar-refractivity contribution in [1.82, 2.24) is 14.2 Å². The molecule has 0 spiro atoms. The minimum atomic E-state index is -3.60. The van der Waals surface area contributed by atoms with E-state index in [1.165, 1.54) is 12.1 Å². The number of hydrogen-bond donors (Lipinski definition) is 1. The molecule has 0 fully saturated rings. The van der Waals surface area contributed by atoms with Gasteiger partial charge in [-0.2, -0.15) is 0 Å². The summed E-state index contributed by atoms with van der Waals surface area (Å²) in [6, 6.07) is 14.2. The van der Waals surface area contributed by atoms with E-state index in [1.54, 1.807) is 12.1 Å². The van der Waals surface area contributed by atoms with Crippen molar-refractivity contribution in [3.8, 4) is 0 Å². The van der Waals surface area contributed by atoms with Gasteiger partial charge in [-0.15, -0.1) is 0 Å². The summed E-state index contributed by atoms with van der Waals surface area (Å²) < 4.78 is 30.0. The van der Waals surface area contributed by atoms with E-state index in [9.17, 15) is 8.42 Å². The molecule has 26 heavy (non-hydrogen) atoms. The molecule has 0 aliphatic heterocycles. The van der Waals surface area contributed by atoms with E-state index in [1.807, 2.05) is 38.2 Å². The summed E-state index contributed by atoms with van der Waals surface area (Å²) in [6.45, 7) is 0.270. The molecule has 3 rings (SSSR count). The van der Waals surface area contributed by atoms with Crippen molar-refractivity contribution < 1.29 is 8.42 Å². The molecule has 2 aromatic carbocycles. The third-order valence-corrected chi connectivity index (χ3v) is 6.19. The molecule has 0 saturated carbocycles. The molecule has 0 radical (unpaired) electrons. The molecule has 5 nitrogen and oxygen atoms in total. The SMILES string of the molecule is CN(C)C(CNS(=O)(=O)c1ccc(Cl)cc1)c1cn(C)c2ccccc12. The highest BCUT2D eigenvalue weighted by molar-refractivity contribution is 7.89. The Morgan fingerprint density at radius 1 is 1.12 bits per heavy atom. The third-order valence-electron chi connectivity index (χ3n) is 4.50. The zero-order valence-electron chi connectivity index (χ0n) is 15.0. The summed E-state index contributed by atoms with van der Waals surface area (Å²) >= 11 is 5.84. The van der Waals surface area contributed by atoms with Crippen molar-refractivity contribution in [2.75, 3.05) is 20.6 Å². The Labute approximate surface area is 159 Å². The number of benzene rings is 2. The number of para-hydroxylation sites is 1. The largest absolute Gasteiger partial charge is 0.350 e. The fraction of sp³-hybridized carbons (Fsp3) is 0.263. The molecule has 0 saturated heterocycles. The van der Waals surface area contributed by atoms with E-state index in [0.717, 1.165) is 16.5 Å². The molecule has 0 amide bonds. The second-order valence-electron chi connectivity index (χ2n) is 6.50. The summed E-state index contributed by atoms with van der Waals surface area (Å²) in [5.41, 5.74) is 2.21. The van der Waals surface area contributed by atoms with Gasteiger partial charge in [0.2, 0.25) is 10.0 Å². The predicted octanol–water partition coefficient (Wildman–Crippen LogP) is 3.41. The fourth-order valence-electron chi connectivity index (χ4n) is 3.09. The summed E-state index contributed by atoms with van der Waals surface area (Å²) in [4.78, 5) is 2.23. The van der Waals surface area contributed by atoms with Crippen LogP contribution in [0, 0.1) is 0 Å². The molecule has 138 valence electrons. The van der Waals surface area contributed by atoms with Gasteiger partial charge in [-0.1, -0.05) is 29.8 Å². The zero-order chi connectivity index (χ0) is 18.9. The lowest BCUT2D eigenvalue weighted by Gasteiger charge is -2.24. The highest BCUT2D eigenvalue weighted by Gasteiger charge is 2.22. The number of aryl methyl sites for hydroxylation is 1. The Balaban J connectivity index is 1.88. The molecule has 0 aliphatic carbocycles. The molecular formula is C19H22ClN3O2S. The maximum absolute atomic E-state index is 12.6. The second-order valence-corrected chi connectivity index (χ2v) is 8.70. The predicted molar refractivity (Wildman–Crippen MR) is 106 cm³/mol. The molecule has 3 aromatic rings. The molecule has 1 atom stereocenters. The van der Waals surface area contributed by atoms with Crippen LogP contribution in [-0.4, -0.2) is 38.5 Å². The number of rotatable bonds is 6. The number of halogens is 1. The summed E-state index contributed by atoms with van der Waals surface area (Å²) in [7, 11) is 2.29. The average molecular weight is 392 g/mol. The van der Waals surface area contributed by atoms with Crippen molar-refractivity contribution in [2.24, 2.45) is 7.05 Å². The first-order valence-corrected chi connectivity index (χ1v) is 10.1. The molecule has 0 aliphatic rings. The molecule has 1 heterocycles. The van der Waals surface area contributed by atoms with Crippen LogP contribution in [0.2, 0.25) is 5.02 Å². The van der Waals surface area contributed by atoms with Gasteiger partial charge in [-0.3, -0.25) is 0 Å². The lowest BCUT2D eigenvalue weighted by Crippen LogP contribution is -2.34. The highest BCUT2D eigenvalue weighted by Crippen LogP contribution is 2.28. The van der Waals surface area contributed by atoms with Crippen LogP contribution in [0.25, 0.3) is 10.9 Å². The van der Waals surface area contributed by atoms with Gasteiger partial charge in [0, 0.05) is 41.8 Å². The molecule has 7 heteroatoms. The lowest BCUT2D eigenvalue weighted by molar-refractivity contribution is 0.301. The van der Waals surface area contributed by atoms with Crippen LogP contribution in [-0.2, 0) is 17.1 Å². The van der Waals surface area contributed by atoms with Gasteiger partial charge in [0.15, 0.2) is 0 Å². The highest BCUT2D eigenvalue weighted by atomic mass is 35.5. The van der Waals surface area contributed by atoms with E-state index in [4.69, 9.17) is 11.6 Å². The third kappa shape index (κ3) is 3.78. The normalized spacial score (nSPS) is 13.4. The number of nitrogens with zero attached hydrogens (tertiary/aromatic N) is 2. The van der Waals surface area contributed by atoms with E-state index in [0.29, 0.717) is 5.02 Å². The van der Waals surface area contributed by atoms with E-state index in [2.05, 4.69) is 27.6 Å². The number of aromatic nitrogens is 1. The van der Waals surface area contributed by atoms with Crippen LogP contribution in [0.15, 0.2) is 59.6 Å². The average Bonchev–Trinajstić information content (AvgIpc) is 2.92. The van der Waals surface area contributed by atoms with Crippen LogP contribution in [0.5, 0.6) is 0 Å². The lowest BCUT2D eigenvalue weighted by atomic mass is 10.1. The van der Waals surface area contributed by atoms with Gasteiger partial charge >= 0.3 is 0 Å². The van der Waals surface area contributed by atoms with E-state index in [-0.39, 0.29) is 17.5 Å². The molecular weight excluding hydrogens is 370 g/mol. The Hall–Kier alpha value is -1.86. The molecule has 1 aromatic heterocycles. The van der Waals surface area contributed by atoms with Crippen LogP contribution in [0.4, 0.5) is 0 Å². The summed E-state index contributed by atoms with van der Waals surface area (Å²) in [5, 5.41) is 1.63. The van der Waals surface area contributed by atoms with Gasteiger partial charge in [0.25, 0.3) is 0 Å². The first-order valence-electron chi connectivity index (χ1n) is 8.25. The first kappa shape index (κ1) is 18.9. The Morgan fingerprint density at radius 2 is 1.77 bits per heavy atom. The number of sulfonamides is 1. The molecule has 0 bridgehead atoms. The van der Waals surface area contributed by atoms with Crippen LogP contribution in [0.3, 0.4) is 0 Å². The minimum Gasteiger partial charge on any atom is -0.350 e.